The summed E-state index contributed by atoms with van der Waals surface area (Å²) in [6, 6.07) is 10.2. The van der Waals surface area contributed by atoms with Crippen LogP contribution in [0.3, 0.4) is 0 Å². The van der Waals surface area contributed by atoms with Crippen LogP contribution in [0.4, 0.5) is 0 Å². The number of carbonyl (C=O) groups is 1. The van der Waals surface area contributed by atoms with Gasteiger partial charge in [0.25, 0.3) is 0 Å². The number of nitrogens with zero attached hydrogens (tertiary/aromatic N) is 3. The molecule has 0 amide bonds. The van der Waals surface area contributed by atoms with E-state index in [1.54, 1.807) is 11.8 Å². The van der Waals surface area contributed by atoms with Gasteiger partial charge >= 0.3 is 5.97 Å². The van der Waals surface area contributed by atoms with Gasteiger partial charge in [0.05, 0.1) is 20.1 Å². The summed E-state index contributed by atoms with van der Waals surface area (Å²) in [5, 5.41) is 9.09. The Balaban J connectivity index is 2.13. The molecule has 0 aliphatic heterocycles. The molecule has 0 aliphatic rings. The largest absolute Gasteiger partial charge is 0.494 e. The Bertz CT molecular complexity index is 1000. The number of alkyl halides is 1. The van der Waals surface area contributed by atoms with Crippen molar-refractivity contribution in [2.75, 3.05) is 13.7 Å². The van der Waals surface area contributed by atoms with Crippen LogP contribution in [0.5, 0.6) is 5.75 Å². The van der Waals surface area contributed by atoms with E-state index in [4.69, 9.17) is 9.47 Å². The molecule has 0 N–H and O–H groups in total. The molecule has 0 fully saturated rings. The molecule has 1 aromatic heterocycles. The van der Waals surface area contributed by atoms with Crippen molar-refractivity contribution in [2.24, 2.45) is 7.05 Å². The normalized spacial score (nSPS) is 12.2. The number of fused-ring (bicyclic) bond motifs is 1. The van der Waals surface area contributed by atoms with Crippen molar-refractivity contribution in [2.45, 2.75) is 31.5 Å². The third-order valence-electron chi connectivity index (χ3n) is 4.91. The number of aryl methyl sites for hydroxylation is 2. The van der Waals surface area contributed by atoms with Gasteiger partial charge in [-0.2, -0.15) is 0 Å². The standard InChI is InChI=1S/C21H24BrN3O3/c1-5-28-20(26)11-17(14-7-6-13(2)16(8-14)12-22)15-9-18-21(19(10-15)27-4)25(3)24-23-18/h6-10,17H,5,11-12H2,1-4H3. The van der Waals surface area contributed by atoms with Gasteiger partial charge in [-0.15, -0.1) is 5.10 Å². The summed E-state index contributed by atoms with van der Waals surface area (Å²) in [7, 11) is 3.45. The van der Waals surface area contributed by atoms with Gasteiger partial charge in [-0.25, -0.2) is 4.68 Å². The number of rotatable bonds is 7. The number of aromatic nitrogens is 3. The fraction of sp³-hybridized carbons (Fsp3) is 0.381. The number of methoxy groups -OCH3 is 1. The third kappa shape index (κ3) is 4.04. The molecule has 7 heteroatoms. The Morgan fingerprint density at radius 3 is 2.71 bits per heavy atom. The quantitative estimate of drug-likeness (QED) is 0.401. The van der Waals surface area contributed by atoms with E-state index < -0.39 is 0 Å². The first-order valence-corrected chi connectivity index (χ1v) is 10.3. The first-order valence-electron chi connectivity index (χ1n) is 9.16. The van der Waals surface area contributed by atoms with Gasteiger partial charge < -0.3 is 9.47 Å². The molecule has 0 radical (unpaired) electrons. The topological polar surface area (TPSA) is 66.2 Å². The minimum Gasteiger partial charge on any atom is -0.494 e. The molecular formula is C21H24BrN3O3. The lowest BCUT2D eigenvalue weighted by molar-refractivity contribution is -0.143. The van der Waals surface area contributed by atoms with Crippen LogP contribution in [0.25, 0.3) is 11.0 Å². The van der Waals surface area contributed by atoms with Gasteiger partial charge in [0.2, 0.25) is 0 Å². The molecule has 0 bridgehead atoms. The van der Waals surface area contributed by atoms with E-state index in [1.165, 1.54) is 11.1 Å². The van der Waals surface area contributed by atoms with E-state index in [-0.39, 0.29) is 18.3 Å². The van der Waals surface area contributed by atoms with Crippen molar-refractivity contribution >= 4 is 32.9 Å². The summed E-state index contributed by atoms with van der Waals surface area (Å²) in [4.78, 5) is 12.3. The predicted octanol–water partition coefficient (Wildman–Crippen LogP) is 4.27. The monoisotopic (exact) mass is 445 g/mol. The highest BCUT2D eigenvalue weighted by atomic mass is 79.9. The minimum atomic E-state index is -0.230. The molecule has 148 valence electrons. The maximum absolute atomic E-state index is 12.3. The Morgan fingerprint density at radius 1 is 1.25 bits per heavy atom. The van der Waals surface area contributed by atoms with Crippen LogP contribution in [-0.4, -0.2) is 34.7 Å². The maximum Gasteiger partial charge on any atom is 0.306 e. The molecule has 1 heterocycles. The zero-order chi connectivity index (χ0) is 20.3. The minimum absolute atomic E-state index is 0.169. The number of benzene rings is 2. The van der Waals surface area contributed by atoms with Crippen molar-refractivity contribution in [3.8, 4) is 5.75 Å². The molecule has 6 nitrogen and oxygen atoms in total. The number of carbonyl (C=O) groups excluding carboxylic acids is 1. The highest BCUT2D eigenvalue weighted by Gasteiger charge is 2.23. The average Bonchev–Trinajstić information content (AvgIpc) is 3.07. The van der Waals surface area contributed by atoms with Gasteiger partial charge in [0, 0.05) is 18.3 Å². The molecule has 1 atom stereocenters. The van der Waals surface area contributed by atoms with Gasteiger partial charge in [0.15, 0.2) is 0 Å². The zero-order valence-electron chi connectivity index (χ0n) is 16.5. The Labute approximate surface area is 173 Å². The van der Waals surface area contributed by atoms with Crippen LogP contribution in [-0.2, 0) is 21.9 Å². The van der Waals surface area contributed by atoms with Gasteiger partial charge in [-0.1, -0.05) is 39.3 Å². The first-order chi connectivity index (χ1) is 13.5. The van der Waals surface area contributed by atoms with E-state index in [0.717, 1.165) is 27.5 Å². The third-order valence-corrected chi connectivity index (χ3v) is 5.51. The van der Waals surface area contributed by atoms with E-state index in [0.29, 0.717) is 12.4 Å². The second-order valence-corrected chi connectivity index (χ2v) is 7.25. The van der Waals surface area contributed by atoms with Crippen molar-refractivity contribution in [3.63, 3.8) is 0 Å². The predicted molar refractivity (Wildman–Crippen MR) is 112 cm³/mol. The number of halogens is 1. The van der Waals surface area contributed by atoms with Gasteiger partial charge in [-0.3, -0.25) is 4.79 Å². The fourth-order valence-corrected chi connectivity index (χ4v) is 4.00. The molecule has 0 spiro atoms. The molecule has 0 saturated carbocycles. The summed E-state index contributed by atoms with van der Waals surface area (Å²) in [6.07, 6.45) is 0.244. The lowest BCUT2D eigenvalue weighted by Gasteiger charge is -2.20. The van der Waals surface area contributed by atoms with E-state index in [1.807, 2.05) is 26.1 Å². The van der Waals surface area contributed by atoms with Crippen molar-refractivity contribution in [1.29, 1.82) is 0 Å². The Kier molecular flexibility index (Phi) is 6.34. The Morgan fingerprint density at radius 2 is 2.04 bits per heavy atom. The first kappa shape index (κ1) is 20.3. The van der Waals surface area contributed by atoms with Gasteiger partial charge in [0.1, 0.15) is 16.8 Å². The smallest absolute Gasteiger partial charge is 0.306 e. The summed E-state index contributed by atoms with van der Waals surface area (Å²) in [6.45, 7) is 4.25. The summed E-state index contributed by atoms with van der Waals surface area (Å²) in [5.74, 6) is 0.283. The second kappa shape index (κ2) is 8.73. The molecule has 0 aliphatic carbocycles. The number of hydrogen-bond donors (Lipinski definition) is 0. The molecule has 0 saturated heterocycles. The van der Waals surface area contributed by atoms with Crippen molar-refractivity contribution in [1.82, 2.24) is 15.0 Å². The van der Waals surface area contributed by atoms with Crippen LogP contribution in [0.2, 0.25) is 0 Å². The fourth-order valence-electron chi connectivity index (χ4n) is 3.40. The van der Waals surface area contributed by atoms with Gasteiger partial charge in [-0.05, 0) is 48.2 Å². The van der Waals surface area contributed by atoms with Crippen molar-refractivity contribution < 1.29 is 14.3 Å². The number of ether oxygens (including phenoxy) is 2. The van der Waals surface area contributed by atoms with Crippen LogP contribution in [0.1, 0.15) is 41.5 Å². The Hall–Kier alpha value is -2.41. The molecule has 3 aromatic rings. The van der Waals surface area contributed by atoms with E-state index in [2.05, 4.69) is 51.4 Å². The summed E-state index contributed by atoms with van der Waals surface area (Å²) < 4.78 is 12.5. The molecular weight excluding hydrogens is 422 g/mol. The van der Waals surface area contributed by atoms with Crippen LogP contribution >= 0.6 is 15.9 Å². The van der Waals surface area contributed by atoms with Crippen molar-refractivity contribution in [3.05, 3.63) is 52.6 Å². The van der Waals surface area contributed by atoms with Crippen LogP contribution in [0, 0.1) is 6.92 Å². The van der Waals surface area contributed by atoms with E-state index in [9.17, 15) is 4.79 Å². The highest BCUT2D eigenvalue weighted by molar-refractivity contribution is 9.08. The second-order valence-electron chi connectivity index (χ2n) is 6.69. The average molecular weight is 446 g/mol. The number of hydrogen-bond acceptors (Lipinski definition) is 5. The lowest BCUT2D eigenvalue weighted by Crippen LogP contribution is -2.12. The maximum atomic E-state index is 12.3. The summed E-state index contributed by atoms with van der Waals surface area (Å²) >= 11 is 3.55. The van der Waals surface area contributed by atoms with Crippen LogP contribution < -0.4 is 4.74 Å². The highest BCUT2D eigenvalue weighted by Crippen LogP contribution is 2.35. The molecule has 1 unspecified atom stereocenters. The SMILES string of the molecule is CCOC(=O)CC(c1ccc(C)c(CBr)c1)c1cc(OC)c2c(c1)nnn2C. The number of esters is 1. The zero-order valence-corrected chi connectivity index (χ0v) is 18.1. The summed E-state index contributed by atoms with van der Waals surface area (Å²) in [5.41, 5.74) is 5.96. The molecule has 3 rings (SSSR count). The molecule has 28 heavy (non-hydrogen) atoms. The lowest BCUT2D eigenvalue weighted by atomic mass is 9.86. The molecule has 2 aromatic carbocycles. The van der Waals surface area contributed by atoms with E-state index >= 15 is 0 Å². The van der Waals surface area contributed by atoms with Crippen LogP contribution in [0.15, 0.2) is 30.3 Å².